The van der Waals surface area contributed by atoms with Crippen LogP contribution in [0.1, 0.15) is 42.7 Å². The van der Waals surface area contributed by atoms with E-state index >= 15 is 0 Å². The molecule has 0 aliphatic carbocycles. The third kappa shape index (κ3) is 5.54. The van der Waals surface area contributed by atoms with Crippen LogP contribution in [0.4, 0.5) is 5.00 Å². The predicted octanol–water partition coefficient (Wildman–Crippen LogP) is 6.47. The third-order valence-corrected chi connectivity index (χ3v) is 6.93. The number of amides is 1. The van der Waals surface area contributed by atoms with Gasteiger partial charge in [0.25, 0.3) is 0 Å². The maximum atomic E-state index is 12.4. The van der Waals surface area contributed by atoms with Crippen LogP contribution >= 0.6 is 11.3 Å². The number of thiophene rings is 1. The average Bonchev–Trinajstić information content (AvgIpc) is 3.17. The number of carbonyl (C=O) groups is 1. The van der Waals surface area contributed by atoms with Crippen LogP contribution in [-0.2, 0) is 24.3 Å². The molecule has 1 amide bonds. The molecule has 0 bridgehead atoms. The van der Waals surface area contributed by atoms with Crippen molar-refractivity contribution in [2.45, 2.75) is 46.2 Å². The second-order valence-electron chi connectivity index (χ2n) is 8.08. The summed E-state index contributed by atoms with van der Waals surface area (Å²) in [5.74, 6) is 1.96. The van der Waals surface area contributed by atoms with E-state index in [2.05, 4.69) is 48.3 Å². The number of ether oxygens (including phenoxy) is 1. The predicted molar refractivity (Wildman–Crippen MR) is 128 cm³/mol. The molecule has 1 N–H and O–H groups in total. The van der Waals surface area contributed by atoms with Crippen LogP contribution in [0.25, 0.3) is 0 Å². The molecule has 5 heteroatoms. The first-order chi connectivity index (χ1) is 15.1. The monoisotopic (exact) mass is 434 g/mol. The van der Waals surface area contributed by atoms with Gasteiger partial charge in [0.2, 0.25) is 5.91 Å². The maximum Gasteiger partial charge on any atom is 0.228 e. The molecule has 2 heterocycles. The highest BCUT2D eigenvalue weighted by molar-refractivity contribution is 7.16. The van der Waals surface area contributed by atoms with Crippen LogP contribution in [0, 0.1) is 5.92 Å². The molecular formula is C26H30N2O2S. The van der Waals surface area contributed by atoms with Crippen molar-refractivity contribution in [1.82, 2.24) is 4.90 Å². The smallest absolute Gasteiger partial charge is 0.228 e. The largest absolute Gasteiger partial charge is 0.457 e. The topological polar surface area (TPSA) is 41.6 Å². The highest BCUT2D eigenvalue weighted by Crippen LogP contribution is 2.33. The molecule has 1 aromatic heterocycles. The van der Waals surface area contributed by atoms with E-state index in [0.717, 1.165) is 55.4 Å². The molecule has 0 radical (unpaired) electrons. The Morgan fingerprint density at radius 2 is 1.84 bits per heavy atom. The fourth-order valence-electron chi connectivity index (χ4n) is 4.04. The molecule has 3 aromatic rings. The molecule has 0 spiro atoms. The lowest BCUT2D eigenvalue weighted by Crippen LogP contribution is -2.28. The molecule has 31 heavy (non-hydrogen) atoms. The Hall–Kier alpha value is -2.63. The Balaban J connectivity index is 1.38. The van der Waals surface area contributed by atoms with Gasteiger partial charge in [0.1, 0.15) is 11.5 Å². The van der Waals surface area contributed by atoms with Gasteiger partial charge in [-0.1, -0.05) is 44.2 Å². The highest BCUT2D eigenvalue weighted by Gasteiger charge is 2.21. The van der Waals surface area contributed by atoms with E-state index in [1.165, 1.54) is 16.0 Å². The zero-order chi connectivity index (χ0) is 21.6. The minimum Gasteiger partial charge on any atom is -0.457 e. The number of hydrogen-bond donors (Lipinski definition) is 1. The Kier molecular flexibility index (Phi) is 7.05. The van der Waals surface area contributed by atoms with Crippen molar-refractivity contribution in [2.75, 3.05) is 11.9 Å². The van der Waals surface area contributed by atoms with Crippen LogP contribution < -0.4 is 10.1 Å². The van der Waals surface area contributed by atoms with E-state index < -0.39 is 0 Å². The minimum atomic E-state index is 0.0982. The van der Waals surface area contributed by atoms with Crippen molar-refractivity contribution in [3.05, 3.63) is 76.7 Å². The van der Waals surface area contributed by atoms with Crippen molar-refractivity contribution in [3.8, 4) is 11.5 Å². The second-order valence-corrected chi connectivity index (χ2v) is 9.22. The Morgan fingerprint density at radius 1 is 1.06 bits per heavy atom. The molecule has 1 aliphatic rings. The van der Waals surface area contributed by atoms with Crippen molar-refractivity contribution in [2.24, 2.45) is 5.92 Å². The molecular weight excluding hydrogens is 404 g/mol. The van der Waals surface area contributed by atoms with E-state index in [0.29, 0.717) is 0 Å². The molecule has 0 saturated heterocycles. The summed E-state index contributed by atoms with van der Waals surface area (Å²) < 4.78 is 5.99. The molecule has 0 fully saturated rings. The summed E-state index contributed by atoms with van der Waals surface area (Å²) in [4.78, 5) is 16.3. The number of anilines is 1. The molecule has 162 valence electrons. The van der Waals surface area contributed by atoms with Crippen LogP contribution in [-0.4, -0.2) is 17.4 Å². The van der Waals surface area contributed by atoms with Gasteiger partial charge in [-0.25, -0.2) is 0 Å². The number of nitrogens with zero attached hydrogens (tertiary/aromatic N) is 1. The first-order valence-corrected chi connectivity index (χ1v) is 11.9. The molecule has 2 aromatic carbocycles. The number of para-hydroxylation sites is 1. The van der Waals surface area contributed by atoms with E-state index in [9.17, 15) is 4.79 Å². The van der Waals surface area contributed by atoms with Crippen molar-refractivity contribution in [3.63, 3.8) is 0 Å². The van der Waals surface area contributed by atoms with Gasteiger partial charge >= 0.3 is 0 Å². The number of fused-ring (bicyclic) bond motifs is 1. The van der Waals surface area contributed by atoms with Gasteiger partial charge in [-0.05, 0) is 60.7 Å². The molecule has 4 rings (SSSR count). The second kappa shape index (κ2) is 10.1. The van der Waals surface area contributed by atoms with Gasteiger partial charge in [-0.2, -0.15) is 0 Å². The van der Waals surface area contributed by atoms with Crippen LogP contribution in [0.2, 0.25) is 0 Å². The van der Waals surface area contributed by atoms with Crippen molar-refractivity contribution >= 4 is 22.2 Å². The number of rotatable bonds is 8. The molecule has 0 saturated carbocycles. The summed E-state index contributed by atoms with van der Waals surface area (Å²) in [5, 5.41) is 4.13. The summed E-state index contributed by atoms with van der Waals surface area (Å²) >= 11 is 1.72. The summed E-state index contributed by atoms with van der Waals surface area (Å²) in [5.41, 5.74) is 2.62. The first-order valence-electron chi connectivity index (χ1n) is 11.1. The fourth-order valence-corrected chi connectivity index (χ4v) is 5.20. The Labute approximate surface area is 188 Å². The standard InChI is InChI=1S/C26H30N2O2S/c1-3-20(4-2)26(29)27-25-16-21-13-14-28(18-24(21)31-25)17-19-9-8-12-23(15-19)30-22-10-6-5-7-11-22/h5-12,15-16,20H,3-4,13-14,17-18H2,1-2H3,(H,27,29). The first kappa shape index (κ1) is 21.6. The van der Waals surface area contributed by atoms with Gasteiger partial charge in [0.15, 0.2) is 0 Å². The zero-order valence-electron chi connectivity index (χ0n) is 18.3. The molecule has 0 atom stereocenters. The number of hydrogen-bond acceptors (Lipinski definition) is 4. The van der Waals surface area contributed by atoms with Gasteiger partial charge < -0.3 is 10.1 Å². The third-order valence-electron chi connectivity index (χ3n) is 5.85. The zero-order valence-corrected chi connectivity index (χ0v) is 19.1. The normalized spacial score (nSPS) is 13.8. The Bertz CT molecular complexity index is 1010. The van der Waals surface area contributed by atoms with E-state index in [1.807, 2.05) is 36.4 Å². The SMILES string of the molecule is CCC(CC)C(=O)Nc1cc2c(s1)CN(Cc1cccc(Oc3ccccc3)c1)CC2. The summed E-state index contributed by atoms with van der Waals surface area (Å²) in [6.07, 6.45) is 2.79. The lowest BCUT2D eigenvalue weighted by molar-refractivity contribution is -0.120. The quantitative estimate of drug-likeness (QED) is 0.441. The maximum absolute atomic E-state index is 12.4. The number of nitrogens with one attached hydrogen (secondary N) is 1. The lowest BCUT2D eigenvalue weighted by atomic mass is 10.0. The Morgan fingerprint density at radius 3 is 2.61 bits per heavy atom. The summed E-state index contributed by atoms with van der Waals surface area (Å²) in [6.45, 7) is 6.98. The van der Waals surface area contributed by atoms with E-state index in [4.69, 9.17) is 4.74 Å². The van der Waals surface area contributed by atoms with Crippen molar-refractivity contribution in [1.29, 1.82) is 0 Å². The lowest BCUT2D eigenvalue weighted by Gasteiger charge is -2.26. The van der Waals surface area contributed by atoms with E-state index in [1.54, 1.807) is 11.3 Å². The summed E-state index contributed by atoms with van der Waals surface area (Å²) in [6, 6.07) is 20.4. The minimum absolute atomic E-state index is 0.0982. The number of carbonyl (C=O) groups excluding carboxylic acids is 1. The number of benzene rings is 2. The van der Waals surface area contributed by atoms with Crippen LogP contribution in [0.15, 0.2) is 60.7 Å². The summed E-state index contributed by atoms with van der Waals surface area (Å²) in [7, 11) is 0. The van der Waals surface area contributed by atoms with Gasteiger partial charge in [-0.3, -0.25) is 9.69 Å². The van der Waals surface area contributed by atoms with Crippen LogP contribution in [0.3, 0.4) is 0 Å². The van der Waals surface area contributed by atoms with Crippen molar-refractivity contribution < 1.29 is 9.53 Å². The van der Waals surface area contributed by atoms with Gasteiger partial charge in [0.05, 0.1) is 5.00 Å². The fraction of sp³-hybridized carbons (Fsp3) is 0.346. The van der Waals surface area contributed by atoms with Gasteiger partial charge in [-0.15, -0.1) is 11.3 Å². The molecule has 0 unspecified atom stereocenters. The molecule has 4 nitrogen and oxygen atoms in total. The molecule has 1 aliphatic heterocycles. The van der Waals surface area contributed by atoms with Gasteiger partial charge in [0, 0.05) is 30.4 Å². The highest BCUT2D eigenvalue weighted by atomic mass is 32.1. The average molecular weight is 435 g/mol. The van der Waals surface area contributed by atoms with Crippen LogP contribution in [0.5, 0.6) is 11.5 Å². The van der Waals surface area contributed by atoms with E-state index in [-0.39, 0.29) is 11.8 Å².